The number of carbonyl (C=O) groups excluding carboxylic acids is 1. The molecule has 0 saturated carbocycles. The predicted molar refractivity (Wildman–Crippen MR) is 101 cm³/mol. The Balaban J connectivity index is 0.00000288. The first-order valence-electron chi connectivity index (χ1n) is 8.79. The van der Waals surface area contributed by atoms with E-state index in [0.29, 0.717) is 19.1 Å². The number of aryl methyl sites for hydroxylation is 2. The van der Waals surface area contributed by atoms with E-state index in [9.17, 15) is 4.79 Å². The standard InChI is InChI=1S/C19H30N2O2.ClH/c1-14-9-10-15(2)18(13-14)23-12-5-4-8-19(22)21-17-7-6-11-20-16(17)3;/h9-10,13,16-17,20H,4-8,11-12H2,1-3H3,(H,21,22);1H. The van der Waals surface area contributed by atoms with Crippen LogP contribution in [0.1, 0.15) is 50.2 Å². The van der Waals surface area contributed by atoms with Crippen LogP contribution in [-0.4, -0.2) is 31.1 Å². The van der Waals surface area contributed by atoms with Crippen molar-refractivity contribution in [1.82, 2.24) is 10.6 Å². The highest BCUT2D eigenvalue weighted by Crippen LogP contribution is 2.19. The maximum absolute atomic E-state index is 12.0. The van der Waals surface area contributed by atoms with Crippen LogP contribution in [0, 0.1) is 13.8 Å². The minimum absolute atomic E-state index is 0. The summed E-state index contributed by atoms with van der Waals surface area (Å²) >= 11 is 0. The van der Waals surface area contributed by atoms with Crippen molar-refractivity contribution in [2.75, 3.05) is 13.2 Å². The number of halogens is 1. The summed E-state index contributed by atoms with van der Waals surface area (Å²) in [5.74, 6) is 1.12. The molecule has 0 aromatic heterocycles. The molecule has 136 valence electrons. The minimum atomic E-state index is 0. The fourth-order valence-corrected chi connectivity index (χ4v) is 2.95. The van der Waals surface area contributed by atoms with Crippen LogP contribution in [0.4, 0.5) is 0 Å². The summed E-state index contributed by atoms with van der Waals surface area (Å²) in [4.78, 5) is 12.0. The second-order valence-corrected chi connectivity index (χ2v) is 6.63. The number of unbranched alkanes of at least 4 members (excludes halogenated alkanes) is 1. The number of piperidine rings is 1. The highest BCUT2D eigenvalue weighted by atomic mass is 35.5. The highest BCUT2D eigenvalue weighted by Gasteiger charge is 2.21. The molecule has 1 aliphatic rings. The van der Waals surface area contributed by atoms with Gasteiger partial charge in [0, 0.05) is 18.5 Å². The Kier molecular flexibility index (Phi) is 9.16. The van der Waals surface area contributed by atoms with Crippen LogP contribution in [0.25, 0.3) is 0 Å². The molecule has 0 bridgehead atoms. The van der Waals surface area contributed by atoms with Crippen molar-refractivity contribution in [3.05, 3.63) is 29.3 Å². The van der Waals surface area contributed by atoms with Gasteiger partial charge in [0.1, 0.15) is 5.75 Å². The Hall–Kier alpha value is -1.26. The van der Waals surface area contributed by atoms with E-state index in [0.717, 1.165) is 43.5 Å². The van der Waals surface area contributed by atoms with Gasteiger partial charge in [0.2, 0.25) is 5.91 Å². The molecule has 4 nitrogen and oxygen atoms in total. The average molecular weight is 355 g/mol. The molecule has 5 heteroatoms. The number of hydrogen-bond acceptors (Lipinski definition) is 3. The topological polar surface area (TPSA) is 50.4 Å². The molecule has 1 aromatic carbocycles. The van der Waals surface area contributed by atoms with Gasteiger partial charge < -0.3 is 15.4 Å². The number of carbonyl (C=O) groups is 1. The summed E-state index contributed by atoms with van der Waals surface area (Å²) in [6.45, 7) is 7.99. The van der Waals surface area contributed by atoms with Crippen molar-refractivity contribution in [3.8, 4) is 5.75 Å². The monoisotopic (exact) mass is 354 g/mol. The largest absolute Gasteiger partial charge is 0.493 e. The quantitative estimate of drug-likeness (QED) is 0.736. The Morgan fingerprint density at radius 3 is 2.88 bits per heavy atom. The van der Waals surface area contributed by atoms with Gasteiger partial charge in [-0.05, 0) is 70.2 Å². The molecule has 0 radical (unpaired) electrons. The van der Waals surface area contributed by atoms with Crippen molar-refractivity contribution in [1.29, 1.82) is 0 Å². The van der Waals surface area contributed by atoms with E-state index in [1.54, 1.807) is 0 Å². The first kappa shape index (κ1) is 20.8. The van der Waals surface area contributed by atoms with Crippen LogP contribution in [0.15, 0.2) is 18.2 Å². The molecule has 0 aliphatic carbocycles. The third-order valence-electron chi connectivity index (χ3n) is 4.51. The van der Waals surface area contributed by atoms with Gasteiger partial charge in [-0.15, -0.1) is 12.4 Å². The van der Waals surface area contributed by atoms with E-state index in [4.69, 9.17) is 4.74 Å². The molecule has 2 N–H and O–H groups in total. The first-order valence-corrected chi connectivity index (χ1v) is 8.79. The summed E-state index contributed by atoms with van der Waals surface area (Å²) in [5, 5.41) is 6.56. The highest BCUT2D eigenvalue weighted by molar-refractivity contribution is 5.85. The van der Waals surface area contributed by atoms with Gasteiger partial charge in [-0.3, -0.25) is 4.79 Å². The molecule has 2 unspecified atom stereocenters. The second-order valence-electron chi connectivity index (χ2n) is 6.63. The Morgan fingerprint density at radius 2 is 2.12 bits per heavy atom. The number of rotatable bonds is 7. The van der Waals surface area contributed by atoms with E-state index in [-0.39, 0.29) is 24.4 Å². The van der Waals surface area contributed by atoms with Crippen molar-refractivity contribution in [2.45, 2.75) is 65.0 Å². The lowest BCUT2D eigenvalue weighted by atomic mass is 9.99. The van der Waals surface area contributed by atoms with Gasteiger partial charge in [-0.1, -0.05) is 12.1 Å². The lowest BCUT2D eigenvalue weighted by Crippen LogP contribution is -2.51. The van der Waals surface area contributed by atoms with Gasteiger partial charge in [-0.2, -0.15) is 0 Å². The molecule has 0 spiro atoms. The minimum Gasteiger partial charge on any atom is -0.493 e. The predicted octanol–water partition coefficient (Wildman–Crippen LogP) is 3.53. The molecule has 1 aliphatic heterocycles. The van der Waals surface area contributed by atoms with Gasteiger partial charge in [0.05, 0.1) is 6.61 Å². The van der Waals surface area contributed by atoms with Crippen LogP contribution in [0.3, 0.4) is 0 Å². The zero-order valence-electron chi connectivity index (χ0n) is 15.1. The first-order chi connectivity index (χ1) is 11.1. The lowest BCUT2D eigenvalue weighted by Gasteiger charge is -2.30. The van der Waals surface area contributed by atoms with Crippen LogP contribution >= 0.6 is 12.4 Å². The van der Waals surface area contributed by atoms with Crippen molar-refractivity contribution < 1.29 is 9.53 Å². The molecule has 2 rings (SSSR count). The molecular weight excluding hydrogens is 324 g/mol. The van der Waals surface area contributed by atoms with Crippen LogP contribution in [0.5, 0.6) is 5.75 Å². The van der Waals surface area contributed by atoms with Gasteiger partial charge in [0.15, 0.2) is 0 Å². The van der Waals surface area contributed by atoms with Gasteiger partial charge >= 0.3 is 0 Å². The summed E-state index contributed by atoms with van der Waals surface area (Å²) in [5.41, 5.74) is 2.37. The molecule has 1 saturated heterocycles. The number of amides is 1. The molecule has 24 heavy (non-hydrogen) atoms. The zero-order chi connectivity index (χ0) is 16.7. The third kappa shape index (κ3) is 6.70. The van der Waals surface area contributed by atoms with Crippen LogP contribution in [-0.2, 0) is 4.79 Å². The molecule has 2 atom stereocenters. The van der Waals surface area contributed by atoms with Crippen molar-refractivity contribution in [3.63, 3.8) is 0 Å². The number of nitrogens with one attached hydrogen (secondary N) is 2. The van der Waals surface area contributed by atoms with E-state index in [1.165, 1.54) is 5.56 Å². The van der Waals surface area contributed by atoms with E-state index < -0.39 is 0 Å². The van der Waals surface area contributed by atoms with Crippen LogP contribution < -0.4 is 15.4 Å². The van der Waals surface area contributed by atoms with Gasteiger partial charge in [0.25, 0.3) is 0 Å². The Labute approximate surface area is 152 Å². The summed E-state index contributed by atoms with van der Waals surface area (Å²) in [6, 6.07) is 6.90. The van der Waals surface area contributed by atoms with E-state index in [1.807, 2.05) is 0 Å². The van der Waals surface area contributed by atoms with E-state index >= 15 is 0 Å². The molecule has 1 heterocycles. The maximum atomic E-state index is 12.0. The molecule has 1 aromatic rings. The second kappa shape index (κ2) is 10.6. The molecular formula is C19H31ClN2O2. The van der Waals surface area contributed by atoms with Crippen molar-refractivity contribution in [2.24, 2.45) is 0 Å². The van der Waals surface area contributed by atoms with Crippen LogP contribution in [0.2, 0.25) is 0 Å². The Morgan fingerprint density at radius 1 is 1.33 bits per heavy atom. The maximum Gasteiger partial charge on any atom is 0.220 e. The fourth-order valence-electron chi connectivity index (χ4n) is 2.95. The molecule has 1 fully saturated rings. The summed E-state index contributed by atoms with van der Waals surface area (Å²) in [7, 11) is 0. The number of ether oxygens (including phenoxy) is 1. The lowest BCUT2D eigenvalue weighted by molar-refractivity contribution is -0.122. The number of hydrogen-bond donors (Lipinski definition) is 2. The summed E-state index contributed by atoms with van der Waals surface area (Å²) < 4.78 is 5.82. The van der Waals surface area contributed by atoms with E-state index in [2.05, 4.69) is 49.6 Å². The molecule has 1 amide bonds. The normalized spacial score (nSPS) is 20.1. The van der Waals surface area contributed by atoms with Gasteiger partial charge in [-0.25, -0.2) is 0 Å². The van der Waals surface area contributed by atoms with Crippen molar-refractivity contribution >= 4 is 18.3 Å². The average Bonchev–Trinajstić information content (AvgIpc) is 2.52. The summed E-state index contributed by atoms with van der Waals surface area (Å²) in [6.07, 6.45) is 4.57. The third-order valence-corrected chi connectivity index (χ3v) is 4.51. The fraction of sp³-hybridized carbons (Fsp3) is 0.632. The Bertz CT molecular complexity index is 522. The smallest absolute Gasteiger partial charge is 0.220 e. The SMILES string of the molecule is Cc1ccc(C)c(OCCCCC(=O)NC2CCCNC2C)c1.Cl. The zero-order valence-corrected chi connectivity index (χ0v) is 15.9. The number of benzene rings is 1.